The van der Waals surface area contributed by atoms with E-state index in [2.05, 4.69) is 20.6 Å². The van der Waals surface area contributed by atoms with Crippen molar-refractivity contribution in [2.45, 2.75) is 13.1 Å². The molecule has 146 valence electrons. The number of hydrogen-bond donors (Lipinski definition) is 3. The van der Waals surface area contributed by atoms with Crippen LogP contribution >= 0.6 is 23.1 Å². The molecule has 0 unspecified atom stereocenters. The van der Waals surface area contributed by atoms with Crippen LogP contribution in [-0.2, 0) is 15.8 Å². The minimum Gasteiger partial charge on any atom is -0.508 e. The van der Waals surface area contributed by atoms with Crippen LogP contribution in [0.15, 0.2) is 34.3 Å². The number of halogens is 3. The number of aliphatic imine (C=N–C) groups is 1. The number of aromatic nitrogens is 1. The van der Waals surface area contributed by atoms with E-state index >= 15 is 0 Å². The first kappa shape index (κ1) is 19.9. The van der Waals surface area contributed by atoms with E-state index in [-0.39, 0.29) is 16.0 Å². The Labute approximate surface area is 164 Å². The van der Waals surface area contributed by atoms with Gasteiger partial charge < -0.3 is 15.7 Å². The minimum atomic E-state index is -4.72. The molecule has 0 spiro atoms. The number of benzene rings is 1. The third-order valence-electron chi connectivity index (χ3n) is 3.24. The molecule has 2 aromatic rings. The summed E-state index contributed by atoms with van der Waals surface area (Å²) in [5, 5.41) is 14.5. The van der Waals surface area contributed by atoms with Gasteiger partial charge in [0, 0.05) is 13.1 Å². The molecule has 0 bridgehead atoms. The molecule has 1 aliphatic heterocycles. The minimum absolute atomic E-state index is 0.0287. The van der Waals surface area contributed by atoms with Crippen LogP contribution < -0.4 is 10.6 Å². The second-order valence-electron chi connectivity index (χ2n) is 5.43. The van der Waals surface area contributed by atoms with Gasteiger partial charge in [0.15, 0.2) is 10.3 Å². The Hall–Kier alpha value is -2.86. The molecular formula is C16H11F3N4O3S2. The maximum absolute atomic E-state index is 13.1. The van der Waals surface area contributed by atoms with Gasteiger partial charge in [0.1, 0.15) is 5.75 Å². The van der Waals surface area contributed by atoms with Gasteiger partial charge in [-0.2, -0.15) is 13.2 Å². The fourth-order valence-electron chi connectivity index (χ4n) is 2.13. The Bertz CT molecular complexity index is 1010. The highest BCUT2D eigenvalue weighted by atomic mass is 32.2. The van der Waals surface area contributed by atoms with Crippen LogP contribution in [0.4, 0.5) is 24.0 Å². The molecule has 28 heavy (non-hydrogen) atoms. The standard InChI is InChI=1S/C16H11F3N4O3S2/c1-7(24)21-14-20-6-9(27-14)5-12-13(26)23-15(28-12)22-11-3-2-8(25)4-10(11)16(17,18)19/h2-6,25H,1H3,(H,20,21,24)(H,22,23,26). The summed E-state index contributed by atoms with van der Waals surface area (Å²) in [5.74, 6) is -1.35. The van der Waals surface area contributed by atoms with Crippen LogP contribution in [0.5, 0.6) is 5.75 Å². The molecule has 0 atom stereocenters. The van der Waals surface area contributed by atoms with Crippen molar-refractivity contribution in [2.75, 3.05) is 5.32 Å². The van der Waals surface area contributed by atoms with Crippen LogP contribution in [0.1, 0.15) is 17.4 Å². The zero-order chi connectivity index (χ0) is 20.5. The van der Waals surface area contributed by atoms with Crippen molar-refractivity contribution in [3.05, 3.63) is 39.7 Å². The molecule has 0 saturated carbocycles. The molecule has 1 aromatic heterocycles. The average molecular weight is 428 g/mol. The van der Waals surface area contributed by atoms with E-state index in [1.807, 2.05) is 0 Å². The third-order valence-corrected chi connectivity index (χ3v) is 5.01. The van der Waals surface area contributed by atoms with Gasteiger partial charge in [-0.15, -0.1) is 0 Å². The number of thiazole rings is 1. The lowest BCUT2D eigenvalue weighted by Crippen LogP contribution is -2.19. The van der Waals surface area contributed by atoms with Gasteiger partial charge in [0.2, 0.25) is 5.91 Å². The van der Waals surface area contributed by atoms with E-state index in [4.69, 9.17) is 0 Å². The second kappa shape index (κ2) is 7.64. The number of nitrogens with zero attached hydrogens (tertiary/aromatic N) is 2. The Morgan fingerprint density at radius 2 is 2.14 bits per heavy atom. The lowest BCUT2D eigenvalue weighted by molar-refractivity contribution is -0.137. The second-order valence-corrected chi connectivity index (χ2v) is 7.52. The molecular weight excluding hydrogens is 417 g/mol. The molecule has 1 saturated heterocycles. The van der Waals surface area contributed by atoms with E-state index < -0.39 is 29.1 Å². The first-order valence-electron chi connectivity index (χ1n) is 7.55. The van der Waals surface area contributed by atoms with Crippen LogP contribution in [-0.4, -0.2) is 27.1 Å². The highest BCUT2D eigenvalue weighted by Crippen LogP contribution is 2.39. The maximum atomic E-state index is 13.1. The Morgan fingerprint density at radius 1 is 1.39 bits per heavy atom. The van der Waals surface area contributed by atoms with Gasteiger partial charge in [0.05, 0.1) is 21.0 Å². The summed E-state index contributed by atoms with van der Waals surface area (Å²) in [7, 11) is 0. The smallest absolute Gasteiger partial charge is 0.418 e. The van der Waals surface area contributed by atoms with Gasteiger partial charge in [-0.25, -0.2) is 9.98 Å². The average Bonchev–Trinajstić information content (AvgIpc) is 3.14. The van der Waals surface area contributed by atoms with Gasteiger partial charge >= 0.3 is 6.18 Å². The molecule has 3 rings (SSSR count). The Balaban J connectivity index is 1.85. The Morgan fingerprint density at radius 3 is 2.82 bits per heavy atom. The van der Waals surface area contributed by atoms with E-state index in [1.165, 1.54) is 19.2 Å². The van der Waals surface area contributed by atoms with Crippen LogP contribution in [0.2, 0.25) is 0 Å². The summed E-state index contributed by atoms with van der Waals surface area (Å²) in [6.07, 6.45) is -1.77. The zero-order valence-electron chi connectivity index (χ0n) is 14.0. The fraction of sp³-hybridized carbons (Fsp3) is 0.125. The predicted octanol–water partition coefficient (Wildman–Crippen LogP) is 3.72. The monoisotopic (exact) mass is 428 g/mol. The number of aromatic hydroxyl groups is 1. The lowest BCUT2D eigenvalue weighted by atomic mass is 10.1. The van der Waals surface area contributed by atoms with E-state index in [0.717, 1.165) is 35.2 Å². The molecule has 1 aromatic carbocycles. The van der Waals surface area contributed by atoms with E-state index in [9.17, 15) is 27.9 Å². The summed E-state index contributed by atoms with van der Waals surface area (Å²) in [6, 6.07) is 2.66. The number of amides is 2. The fourth-order valence-corrected chi connectivity index (χ4v) is 3.84. The highest BCUT2D eigenvalue weighted by molar-refractivity contribution is 8.18. The first-order valence-corrected chi connectivity index (χ1v) is 9.18. The molecule has 0 aliphatic carbocycles. The molecule has 2 heterocycles. The van der Waals surface area contributed by atoms with Crippen molar-refractivity contribution in [2.24, 2.45) is 4.99 Å². The summed E-state index contributed by atoms with van der Waals surface area (Å²) in [6.45, 7) is 1.33. The number of anilines is 1. The molecule has 1 aliphatic rings. The molecule has 7 nitrogen and oxygen atoms in total. The number of carbonyl (C=O) groups is 2. The predicted molar refractivity (Wildman–Crippen MR) is 100 cm³/mol. The van der Waals surface area contributed by atoms with Crippen LogP contribution in [0, 0.1) is 0 Å². The number of hydrogen-bond acceptors (Lipinski definition) is 7. The first-order chi connectivity index (χ1) is 13.1. The van der Waals surface area contributed by atoms with E-state index in [1.54, 1.807) is 0 Å². The quantitative estimate of drug-likeness (QED) is 0.647. The number of alkyl halides is 3. The maximum Gasteiger partial charge on any atom is 0.418 e. The number of carbonyl (C=O) groups excluding carboxylic acids is 2. The molecule has 2 amide bonds. The van der Waals surface area contributed by atoms with Crippen molar-refractivity contribution >= 4 is 57.0 Å². The summed E-state index contributed by atoms with van der Waals surface area (Å²) < 4.78 is 39.3. The molecule has 1 fully saturated rings. The SMILES string of the molecule is CC(=O)Nc1ncc(C=C2SC(=Nc3ccc(O)cc3C(F)(F)F)NC2=O)s1. The number of phenols is 1. The van der Waals surface area contributed by atoms with E-state index in [0.29, 0.717) is 16.1 Å². The summed E-state index contributed by atoms with van der Waals surface area (Å²) in [5.41, 5.74) is -1.55. The van der Waals surface area contributed by atoms with Crippen molar-refractivity contribution in [1.29, 1.82) is 0 Å². The number of thioether (sulfide) groups is 1. The Kier molecular flexibility index (Phi) is 5.42. The largest absolute Gasteiger partial charge is 0.508 e. The van der Waals surface area contributed by atoms with Gasteiger partial charge in [-0.1, -0.05) is 11.3 Å². The van der Waals surface area contributed by atoms with Crippen LogP contribution in [0.25, 0.3) is 6.08 Å². The van der Waals surface area contributed by atoms with Crippen molar-refractivity contribution in [3.8, 4) is 5.75 Å². The normalized spacial score (nSPS) is 17.2. The number of amidine groups is 1. The third kappa shape index (κ3) is 4.70. The van der Waals surface area contributed by atoms with Crippen LogP contribution in [0.3, 0.4) is 0 Å². The summed E-state index contributed by atoms with van der Waals surface area (Å²) in [4.78, 5) is 31.7. The summed E-state index contributed by atoms with van der Waals surface area (Å²) >= 11 is 2.00. The number of nitrogens with one attached hydrogen (secondary N) is 2. The molecule has 3 N–H and O–H groups in total. The highest BCUT2D eigenvalue weighted by Gasteiger charge is 2.34. The van der Waals surface area contributed by atoms with Gasteiger partial charge in [0.25, 0.3) is 5.91 Å². The van der Waals surface area contributed by atoms with Crippen molar-refractivity contribution in [3.63, 3.8) is 0 Å². The van der Waals surface area contributed by atoms with Crippen molar-refractivity contribution < 1.29 is 27.9 Å². The van der Waals surface area contributed by atoms with Gasteiger partial charge in [-0.05, 0) is 36.0 Å². The number of phenolic OH excluding ortho intramolecular Hbond substituents is 1. The van der Waals surface area contributed by atoms with Crippen molar-refractivity contribution in [1.82, 2.24) is 10.3 Å². The lowest BCUT2D eigenvalue weighted by Gasteiger charge is -2.10. The van der Waals surface area contributed by atoms with Gasteiger partial charge in [-0.3, -0.25) is 9.59 Å². The molecule has 12 heteroatoms. The topological polar surface area (TPSA) is 104 Å². The number of rotatable bonds is 3. The molecule has 0 radical (unpaired) electrons. The zero-order valence-corrected chi connectivity index (χ0v) is 15.6.